The number of nitrogens with zero attached hydrogens (tertiary/aromatic N) is 2. The van der Waals surface area contributed by atoms with Crippen LogP contribution in [0.15, 0.2) is 35.4 Å². The number of rotatable bonds is 4. The molecular weight excluding hydrogens is 278 g/mol. The summed E-state index contributed by atoms with van der Waals surface area (Å²) >= 11 is 0. The topological polar surface area (TPSA) is 110 Å². The number of sulfonamides is 1. The van der Waals surface area contributed by atoms with E-state index in [9.17, 15) is 8.42 Å². The Morgan fingerprint density at radius 1 is 1.20 bits per heavy atom. The van der Waals surface area contributed by atoms with E-state index in [1.54, 1.807) is 32.0 Å². The number of benzene rings is 1. The number of aromatic nitrogens is 2. The maximum Gasteiger partial charge on any atom is 0.263 e. The Labute approximate surface area is 117 Å². The Balaban J connectivity index is 2.45. The Hall–Kier alpha value is -2.19. The van der Waals surface area contributed by atoms with Gasteiger partial charge in [0, 0.05) is 11.9 Å². The smallest absolute Gasteiger partial charge is 0.263 e. The molecule has 20 heavy (non-hydrogen) atoms. The van der Waals surface area contributed by atoms with Crippen LogP contribution in [-0.4, -0.2) is 18.6 Å². The number of hydrazine groups is 1. The van der Waals surface area contributed by atoms with Gasteiger partial charge in [-0.3, -0.25) is 10.6 Å². The molecule has 0 amide bonds. The molecule has 0 spiro atoms. The van der Waals surface area contributed by atoms with Crippen molar-refractivity contribution >= 4 is 21.5 Å². The number of nitrogen functional groups attached to an aromatic ring is 1. The summed E-state index contributed by atoms with van der Waals surface area (Å²) in [5.41, 5.74) is 4.33. The molecule has 4 N–H and O–H groups in total. The molecule has 7 nitrogen and oxygen atoms in total. The Bertz CT molecular complexity index is 693. The molecule has 0 bridgehead atoms. The van der Waals surface area contributed by atoms with Gasteiger partial charge >= 0.3 is 0 Å². The molecule has 1 aromatic heterocycles. The first-order valence-corrected chi connectivity index (χ1v) is 7.31. The highest BCUT2D eigenvalue weighted by atomic mass is 32.2. The number of hydrogen-bond acceptors (Lipinski definition) is 6. The molecule has 0 aliphatic heterocycles. The third kappa shape index (κ3) is 2.86. The number of aryl methyl sites for hydroxylation is 2. The molecule has 0 radical (unpaired) electrons. The van der Waals surface area contributed by atoms with Gasteiger partial charge in [-0.1, -0.05) is 0 Å². The predicted octanol–water partition coefficient (Wildman–Crippen LogP) is 1.18. The van der Waals surface area contributed by atoms with E-state index in [1.165, 1.54) is 12.3 Å². The van der Waals surface area contributed by atoms with Crippen LogP contribution in [0, 0.1) is 13.8 Å². The highest BCUT2D eigenvalue weighted by molar-refractivity contribution is 7.92. The number of nitrogens with one attached hydrogen (secondary N) is 2. The molecule has 2 rings (SSSR count). The first kappa shape index (κ1) is 14.2. The van der Waals surface area contributed by atoms with Crippen molar-refractivity contribution in [1.29, 1.82) is 0 Å². The second-order valence-corrected chi connectivity index (χ2v) is 5.92. The van der Waals surface area contributed by atoms with Crippen LogP contribution in [0.4, 0.5) is 11.5 Å². The number of anilines is 2. The lowest BCUT2D eigenvalue weighted by Gasteiger charge is -2.13. The molecule has 0 saturated heterocycles. The zero-order valence-electron chi connectivity index (χ0n) is 11.1. The average molecular weight is 293 g/mol. The minimum absolute atomic E-state index is 0.173. The summed E-state index contributed by atoms with van der Waals surface area (Å²) in [6, 6.07) is 6.47. The summed E-state index contributed by atoms with van der Waals surface area (Å²) in [7, 11) is -3.72. The van der Waals surface area contributed by atoms with Crippen molar-refractivity contribution in [2.24, 2.45) is 5.84 Å². The molecule has 0 fully saturated rings. The maximum atomic E-state index is 12.4. The van der Waals surface area contributed by atoms with Crippen LogP contribution in [0.3, 0.4) is 0 Å². The van der Waals surface area contributed by atoms with E-state index in [-0.39, 0.29) is 10.7 Å². The quantitative estimate of drug-likeness (QED) is 0.577. The van der Waals surface area contributed by atoms with Crippen LogP contribution in [0.1, 0.15) is 11.1 Å². The van der Waals surface area contributed by atoms with Crippen LogP contribution in [0.25, 0.3) is 0 Å². The summed E-state index contributed by atoms with van der Waals surface area (Å²) in [6.45, 7) is 3.41. The van der Waals surface area contributed by atoms with Crippen molar-refractivity contribution < 1.29 is 8.42 Å². The van der Waals surface area contributed by atoms with Gasteiger partial charge in [0.15, 0.2) is 5.82 Å². The summed E-state index contributed by atoms with van der Waals surface area (Å²) in [5, 5.41) is 7.34. The molecule has 0 atom stereocenters. The van der Waals surface area contributed by atoms with Crippen LogP contribution in [0.5, 0.6) is 0 Å². The van der Waals surface area contributed by atoms with Gasteiger partial charge in [0.2, 0.25) is 0 Å². The molecule has 0 unspecified atom stereocenters. The van der Waals surface area contributed by atoms with E-state index in [0.717, 1.165) is 0 Å². The van der Waals surface area contributed by atoms with Gasteiger partial charge in [0.05, 0.1) is 4.90 Å². The van der Waals surface area contributed by atoms with Gasteiger partial charge in [-0.15, -0.1) is 5.10 Å². The molecule has 0 saturated carbocycles. The predicted molar refractivity (Wildman–Crippen MR) is 76.6 cm³/mol. The Morgan fingerprint density at radius 3 is 2.35 bits per heavy atom. The maximum absolute atomic E-state index is 12.4. The van der Waals surface area contributed by atoms with E-state index in [0.29, 0.717) is 16.8 Å². The number of hydrogen-bond donors (Lipinski definition) is 3. The first-order chi connectivity index (χ1) is 9.44. The van der Waals surface area contributed by atoms with Gasteiger partial charge in [0.25, 0.3) is 10.0 Å². The molecule has 1 aromatic carbocycles. The van der Waals surface area contributed by atoms with Gasteiger partial charge in [0.1, 0.15) is 0 Å². The molecule has 8 heteroatoms. The zero-order valence-corrected chi connectivity index (χ0v) is 11.9. The Kier molecular flexibility index (Phi) is 3.86. The van der Waals surface area contributed by atoms with Gasteiger partial charge in [-0.25, -0.2) is 8.42 Å². The van der Waals surface area contributed by atoms with Crippen LogP contribution < -0.4 is 16.0 Å². The highest BCUT2D eigenvalue weighted by Gasteiger charge is 2.20. The van der Waals surface area contributed by atoms with E-state index >= 15 is 0 Å². The molecule has 0 aliphatic rings. The fourth-order valence-corrected chi connectivity index (χ4v) is 3.45. The van der Waals surface area contributed by atoms with Gasteiger partial charge < -0.3 is 5.43 Å². The molecule has 106 valence electrons. The van der Waals surface area contributed by atoms with Crippen LogP contribution in [-0.2, 0) is 10.0 Å². The second kappa shape index (κ2) is 5.43. The SMILES string of the molecule is Cc1cc(NN)cc(C)c1S(=O)(=O)Nc1cccnn1. The summed E-state index contributed by atoms with van der Waals surface area (Å²) in [6.07, 6.45) is 1.47. The van der Waals surface area contributed by atoms with E-state index in [1.807, 2.05) is 0 Å². The Morgan fingerprint density at radius 2 is 1.85 bits per heavy atom. The summed E-state index contributed by atoms with van der Waals surface area (Å²) in [5.74, 6) is 5.51. The fraction of sp³-hybridized carbons (Fsp3) is 0.167. The lowest BCUT2D eigenvalue weighted by Crippen LogP contribution is -2.17. The van der Waals surface area contributed by atoms with Crippen molar-refractivity contribution in [2.45, 2.75) is 18.7 Å². The van der Waals surface area contributed by atoms with E-state index in [4.69, 9.17) is 5.84 Å². The van der Waals surface area contributed by atoms with Crippen molar-refractivity contribution in [2.75, 3.05) is 10.1 Å². The lowest BCUT2D eigenvalue weighted by atomic mass is 10.1. The highest BCUT2D eigenvalue weighted by Crippen LogP contribution is 2.25. The minimum Gasteiger partial charge on any atom is -0.324 e. The molecule has 1 heterocycles. The summed E-state index contributed by atoms with van der Waals surface area (Å²) in [4.78, 5) is 0.210. The standard InChI is InChI=1S/C12H15N5O2S/c1-8-6-10(15-13)7-9(2)12(8)20(18,19)17-11-4-3-5-14-16-11/h3-7,15H,13H2,1-2H3,(H,16,17). The van der Waals surface area contributed by atoms with Gasteiger partial charge in [-0.05, 0) is 49.2 Å². The van der Waals surface area contributed by atoms with Gasteiger partial charge in [-0.2, -0.15) is 5.10 Å². The third-order valence-electron chi connectivity index (χ3n) is 2.71. The molecular formula is C12H15N5O2S. The van der Waals surface area contributed by atoms with Crippen molar-refractivity contribution in [3.05, 3.63) is 41.6 Å². The third-order valence-corrected chi connectivity index (χ3v) is 4.37. The van der Waals surface area contributed by atoms with E-state index in [2.05, 4.69) is 20.3 Å². The second-order valence-electron chi connectivity index (χ2n) is 4.30. The van der Waals surface area contributed by atoms with E-state index < -0.39 is 10.0 Å². The zero-order chi connectivity index (χ0) is 14.8. The number of nitrogens with two attached hydrogens (primary N) is 1. The van der Waals surface area contributed by atoms with Crippen LogP contribution in [0.2, 0.25) is 0 Å². The monoisotopic (exact) mass is 293 g/mol. The largest absolute Gasteiger partial charge is 0.324 e. The summed E-state index contributed by atoms with van der Waals surface area (Å²) < 4.78 is 27.2. The lowest BCUT2D eigenvalue weighted by molar-refractivity contribution is 0.599. The minimum atomic E-state index is -3.72. The molecule has 2 aromatic rings. The van der Waals surface area contributed by atoms with Crippen molar-refractivity contribution in [1.82, 2.24) is 10.2 Å². The average Bonchev–Trinajstić information content (AvgIpc) is 2.37. The fourth-order valence-electron chi connectivity index (χ4n) is 2.00. The normalized spacial score (nSPS) is 11.2. The van der Waals surface area contributed by atoms with Crippen molar-refractivity contribution in [3.8, 4) is 0 Å². The first-order valence-electron chi connectivity index (χ1n) is 5.82. The van der Waals surface area contributed by atoms with Crippen molar-refractivity contribution in [3.63, 3.8) is 0 Å². The molecule has 0 aliphatic carbocycles. The van der Waals surface area contributed by atoms with Crippen LogP contribution >= 0.6 is 0 Å².